The van der Waals surface area contributed by atoms with Crippen molar-refractivity contribution in [3.63, 3.8) is 0 Å². The number of hydrogen-bond donors (Lipinski definition) is 1. The molecule has 1 N–H and O–H groups in total. The van der Waals surface area contributed by atoms with Crippen LogP contribution in [0.3, 0.4) is 0 Å². The van der Waals surface area contributed by atoms with Crippen molar-refractivity contribution in [1.29, 1.82) is 0 Å². The smallest absolute Gasteiger partial charge is 0.155 e. The molecule has 8 rings (SSSR count). The quantitative estimate of drug-likeness (QED) is 0.108. The third-order valence-corrected chi connectivity index (χ3v) is 9.41. The molecule has 0 fully saturated rings. The molecule has 0 amide bonds. The van der Waals surface area contributed by atoms with Crippen LogP contribution < -0.4 is 0 Å². The summed E-state index contributed by atoms with van der Waals surface area (Å²) in [4.78, 5) is 14.7. The van der Waals surface area contributed by atoms with Crippen LogP contribution in [-0.2, 0) is 30.3 Å². The molecule has 0 aliphatic carbocycles. The summed E-state index contributed by atoms with van der Waals surface area (Å²) in [5.74, 6) is -0.0625. The number of hydrogen-bond acceptors (Lipinski definition) is 4. The van der Waals surface area contributed by atoms with Crippen molar-refractivity contribution in [2.75, 3.05) is 0 Å². The van der Waals surface area contributed by atoms with E-state index in [-0.39, 0.29) is 37.1 Å². The minimum absolute atomic E-state index is 0. The second kappa shape index (κ2) is 11.4. The summed E-state index contributed by atoms with van der Waals surface area (Å²) in [6, 6.07) is 30.6. The van der Waals surface area contributed by atoms with Gasteiger partial charge in [-0.1, -0.05) is 56.5 Å². The Balaban J connectivity index is 0.000000404. The van der Waals surface area contributed by atoms with Gasteiger partial charge in [-0.15, -0.1) is 35.1 Å². The Morgan fingerprint density at radius 2 is 1.58 bits per heavy atom. The predicted octanol–water partition coefficient (Wildman–Crippen LogP) is 10.7. The number of aliphatic hydroxyl groups excluding tert-OH is 1. The van der Waals surface area contributed by atoms with Gasteiger partial charge in [0.05, 0.1) is 11.3 Å². The molecule has 0 spiro atoms. The van der Waals surface area contributed by atoms with E-state index in [9.17, 15) is 4.79 Å². The third-order valence-electron chi connectivity index (χ3n) is 8.28. The van der Waals surface area contributed by atoms with Gasteiger partial charge >= 0.3 is 0 Å². The molecule has 8 aromatic rings. The van der Waals surface area contributed by atoms with Crippen molar-refractivity contribution < 1.29 is 30.0 Å². The van der Waals surface area contributed by atoms with Crippen LogP contribution in [0.25, 0.3) is 69.5 Å². The average molecular weight is 786 g/mol. The fourth-order valence-corrected chi connectivity index (χ4v) is 7.45. The van der Waals surface area contributed by atoms with E-state index >= 15 is 0 Å². The van der Waals surface area contributed by atoms with Crippen molar-refractivity contribution in [2.45, 2.75) is 47.0 Å². The SMILES string of the molecule is CC(=O)/C=C(/C)O.Cc1cc2c3cc(-c4cc(C(C)(C)C)ccn4)[c-]cc3n3c4cc5sc6ccccc6c5cc4c(c1)c23.[Ir]. The van der Waals surface area contributed by atoms with Crippen LogP contribution in [-0.4, -0.2) is 20.3 Å². The molecule has 0 saturated heterocycles. The zero-order valence-electron chi connectivity index (χ0n) is 26.1. The first-order chi connectivity index (χ1) is 21.0. The van der Waals surface area contributed by atoms with Crippen LogP contribution in [0.4, 0.5) is 0 Å². The maximum absolute atomic E-state index is 10.0. The molecule has 4 nitrogen and oxygen atoms in total. The van der Waals surface area contributed by atoms with Gasteiger partial charge in [-0.25, -0.2) is 0 Å². The Labute approximate surface area is 279 Å². The molecular weight excluding hydrogens is 753 g/mol. The monoisotopic (exact) mass is 786 g/mol. The fraction of sp³-hybridized carbons (Fsp3) is 0.179. The summed E-state index contributed by atoms with van der Waals surface area (Å²) in [5.41, 5.74) is 8.45. The number of rotatable bonds is 2. The number of benzene rings is 4. The fourth-order valence-electron chi connectivity index (χ4n) is 6.33. The van der Waals surface area contributed by atoms with Crippen LogP contribution in [0, 0.1) is 13.0 Å². The number of allylic oxidation sites excluding steroid dienone is 2. The minimum atomic E-state index is -0.125. The van der Waals surface area contributed by atoms with Crippen molar-refractivity contribution in [3.8, 4) is 11.3 Å². The summed E-state index contributed by atoms with van der Waals surface area (Å²) in [6.07, 6.45) is 3.09. The van der Waals surface area contributed by atoms with Gasteiger partial charge in [0.25, 0.3) is 0 Å². The van der Waals surface area contributed by atoms with Gasteiger partial charge in [0.15, 0.2) is 5.78 Å². The molecule has 45 heavy (non-hydrogen) atoms. The summed E-state index contributed by atoms with van der Waals surface area (Å²) < 4.78 is 5.14. The molecule has 4 aromatic heterocycles. The normalized spacial score (nSPS) is 12.4. The number of ketones is 1. The van der Waals surface area contributed by atoms with Gasteiger partial charge in [0, 0.05) is 68.8 Å². The molecule has 4 heterocycles. The van der Waals surface area contributed by atoms with Crippen molar-refractivity contribution in [3.05, 3.63) is 108 Å². The third kappa shape index (κ3) is 5.31. The van der Waals surface area contributed by atoms with Crippen molar-refractivity contribution >= 4 is 75.4 Å². The van der Waals surface area contributed by atoms with Crippen molar-refractivity contribution in [2.24, 2.45) is 0 Å². The van der Waals surface area contributed by atoms with Crippen LogP contribution >= 0.6 is 11.3 Å². The van der Waals surface area contributed by atoms with Crippen LogP contribution in [0.1, 0.15) is 45.7 Å². The number of carbonyl (C=O) groups is 1. The molecule has 0 aliphatic rings. The van der Waals surface area contributed by atoms with E-state index in [4.69, 9.17) is 10.1 Å². The first kappa shape index (κ1) is 30.9. The van der Waals surface area contributed by atoms with Gasteiger partial charge in [-0.3, -0.25) is 4.79 Å². The van der Waals surface area contributed by atoms with Crippen molar-refractivity contribution in [1.82, 2.24) is 9.38 Å². The zero-order chi connectivity index (χ0) is 30.9. The minimum Gasteiger partial charge on any atom is -0.512 e. The van der Waals surface area contributed by atoms with Gasteiger partial charge in [-0.05, 0) is 84.2 Å². The second-order valence-corrected chi connectivity index (χ2v) is 13.8. The first-order valence-corrected chi connectivity index (χ1v) is 15.6. The summed E-state index contributed by atoms with van der Waals surface area (Å²) >= 11 is 1.88. The van der Waals surface area contributed by atoms with Gasteiger partial charge in [0.1, 0.15) is 0 Å². The summed E-state index contributed by atoms with van der Waals surface area (Å²) in [6.45, 7) is 11.8. The molecule has 0 atom stereocenters. The molecule has 0 saturated carbocycles. The number of thiophene rings is 1. The van der Waals surface area contributed by atoms with Gasteiger partial charge in [-0.2, -0.15) is 0 Å². The predicted molar refractivity (Wildman–Crippen MR) is 187 cm³/mol. The van der Waals surface area contributed by atoms with E-state index in [0.29, 0.717) is 0 Å². The van der Waals surface area contributed by atoms with E-state index in [2.05, 4.69) is 111 Å². The standard InChI is InChI=1S/C34H25N2S.C5H8O2.Ir/c1-19-13-26-23-15-20(28-16-21(11-12-35-28)34(2,3)4)9-10-29(23)36-30-18-32-25(17-24(30)27(14-19)33(26)36)22-7-5-6-8-31(22)37-32;1-4(6)3-5(2)7;/h5-8,10-18H,1-4H3;3,6H,1-2H3;/q-1;;/b;4-3-;. The topological polar surface area (TPSA) is 54.6 Å². The first-order valence-electron chi connectivity index (χ1n) is 14.8. The van der Waals surface area contributed by atoms with E-state index in [1.807, 2.05) is 17.5 Å². The van der Waals surface area contributed by atoms with Crippen LogP contribution in [0.5, 0.6) is 0 Å². The molecular formula is C39H33IrN2O2S-. The number of aryl methyl sites for hydroxylation is 1. The molecule has 6 heteroatoms. The van der Waals surface area contributed by atoms with Crippen LogP contribution in [0.2, 0.25) is 0 Å². The second-order valence-electron chi connectivity index (χ2n) is 12.7. The molecule has 0 aliphatic heterocycles. The Hall–Kier alpha value is -4.09. The van der Waals surface area contributed by atoms with E-state index < -0.39 is 0 Å². The van der Waals surface area contributed by atoms with E-state index in [1.165, 1.54) is 89.3 Å². The number of nitrogens with zero attached hydrogens (tertiary/aromatic N) is 2. The Bertz CT molecular complexity index is 2440. The molecule has 1 radical (unpaired) electrons. The number of aliphatic hydroxyl groups is 1. The zero-order valence-corrected chi connectivity index (χ0v) is 29.3. The number of carbonyl (C=O) groups excluding carboxylic acids is 1. The van der Waals surface area contributed by atoms with E-state index in [1.54, 1.807) is 0 Å². The van der Waals surface area contributed by atoms with Crippen LogP contribution in [0.15, 0.2) is 90.8 Å². The summed E-state index contributed by atoms with van der Waals surface area (Å²) in [5, 5.41) is 16.3. The van der Waals surface area contributed by atoms with E-state index in [0.717, 1.165) is 11.3 Å². The molecule has 4 aromatic carbocycles. The van der Waals surface area contributed by atoms with Gasteiger partial charge < -0.3 is 14.5 Å². The Kier molecular flexibility index (Phi) is 7.81. The average Bonchev–Trinajstić information content (AvgIpc) is 3.60. The maximum atomic E-state index is 10.0. The number of fused-ring (bicyclic) bond motifs is 9. The number of pyridine rings is 1. The maximum Gasteiger partial charge on any atom is 0.155 e. The molecule has 227 valence electrons. The summed E-state index contributed by atoms with van der Waals surface area (Å²) in [7, 11) is 0. The Morgan fingerprint density at radius 3 is 2.24 bits per heavy atom. The number of aromatic nitrogens is 2. The van der Waals surface area contributed by atoms with Gasteiger partial charge in [0.2, 0.25) is 0 Å². The largest absolute Gasteiger partial charge is 0.512 e. The molecule has 0 bridgehead atoms. The molecule has 0 unspecified atom stereocenters. The Morgan fingerprint density at radius 1 is 0.867 bits per heavy atom.